The van der Waals surface area contributed by atoms with Gasteiger partial charge in [0.05, 0.1) is 25.2 Å². The van der Waals surface area contributed by atoms with E-state index in [1.54, 1.807) is 11.0 Å². The molecule has 1 aromatic carbocycles. The molecule has 1 amide bonds. The van der Waals surface area contributed by atoms with E-state index in [4.69, 9.17) is 16.3 Å². The van der Waals surface area contributed by atoms with Gasteiger partial charge in [-0.05, 0) is 12.1 Å². The van der Waals surface area contributed by atoms with Crippen LogP contribution in [0.2, 0.25) is 5.02 Å². The van der Waals surface area contributed by atoms with E-state index in [2.05, 4.69) is 5.32 Å². The Hall–Kier alpha value is -0.880. The Morgan fingerprint density at radius 3 is 3.05 bits per heavy atom. The number of morpholine rings is 1. The summed E-state index contributed by atoms with van der Waals surface area (Å²) in [5, 5.41) is 3.52. The number of hydrogen-bond donors (Lipinski definition) is 1. The summed E-state index contributed by atoms with van der Waals surface area (Å²) in [7, 11) is 0. The Bertz CT molecular complexity index is 509. The number of rotatable bonds is 2. The van der Waals surface area contributed by atoms with Gasteiger partial charge in [-0.15, -0.1) is 12.4 Å². The topological polar surface area (TPSA) is 41.6 Å². The number of carbonyl (C=O) groups is 1. The highest BCUT2D eigenvalue weighted by molar-refractivity contribution is 6.31. The molecule has 0 saturated carbocycles. The van der Waals surface area contributed by atoms with Gasteiger partial charge in [0, 0.05) is 30.2 Å². The molecule has 1 aromatic rings. The van der Waals surface area contributed by atoms with Crippen LogP contribution < -0.4 is 5.32 Å². The fourth-order valence-corrected chi connectivity index (χ4v) is 3.08. The fraction of sp³-hybridized carbons (Fsp3) is 0.500. The SMILES string of the molecule is Cl.O=C(Cc1c(F)cccc1Cl)N1CCO[C@H]2CNC[C@H]21. The number of amides is 1. The van der Waals surface area contributed by atoms with E-state index in [9.17, 15) is 9.18 Å². The molecule has 2 aliphatic rings. The molecule has 2 heterocycles. The van der Waals surface area contributed by atoms with Gasteiger partial charge in [-0.3, -0.25) is 4.79 Å². The molecule has 0 unspecified atom stereocenters. The summed E-state index contributed by atoms with van der Waals surface area (Å²) in [5.41, 5.74) is 0.271. The lowest BCUT2D eigenvalue weighted by molar-refractivity contribution is -0.142. The second-order valence-electron chi connectivity index (χ2n) is 5.10. The first-order valence-electron chi connectivity index (χ1n) is 6.71. The Kier molecular flexibility index (Phi) is 5.43. The van der Waals surface area contributed by atoms with E-state index in [1.807, 2.05) is 0 Å². The van der Waals surface area contributed by atoms with Crippen LogP contribution in [0.5, 0.6) is 0 Å². The lowest BCUT2D eigenvalue weighted by Crippen LogP contribution is -2.53. The van der Waals surface area contributed by atoms with Crippen molar-refractivity contribution in [2.24, 2.45) is 0 Å². The number of hydrogen-bond acceptors (Lipinski definition) is 3. The molecule has 1 N–H and O–H groups in total. The molecular weight excluding hydrogens is 318 g/mol. The number of fused-ring (bicyclic) bond motifs is 1. The minimum Gasteiger partial charge on any atom is -0.373 e. The fourth-order valence-electron chi connectivity index (χ4n) is 2.85. The molecule has 2 saturated heterocycles. The van der Waals surface area contributed by atoms with Crippen molar-refractivity contribution in [3.05, 3.63) is 34.6 Å². The zero-order chi connectivity index (χ0) is 14.1. The van der Waals surface area contributed by atoms with Crippen LogP contribution in [0.15, 0.2) is 18.2 Å². The highest BCUT2D eigenvalue weighted by atomic mass is 35.5. The van der Waals surface area contributed by atoms with Crippen LogP contribution >= 0.6 is 24.0 Å². The van der Waals surface area contributed by atoms with Crippen molar-refractivity contribution in [3.63, 3.8) is 0 Å². The van der Waals surface area contributed by atoms with Crippen LogP contribution in [0.25, 0.3) is 0 Å². The van der Waals surface area contributed by atoms with E-state index < -0.39 is 5.82 Å². The Morgan fingerprint density at radius 1 is 1.48 bits per heavy atom. The predicted octanol–water partition coefficient (Wildman–Crippen LogP) is 1.64. The van der Waals surface area contributed by atoms with Gasteiger partial charge in [0.2, 0.25) is 5.91 Å². The molecule has 2 aliphatic heterocycles. The average Bonchev–Trinajstić information content (AvgIpc) is 2.91. The quantitative estimate of drug-likeness (QED) is 0.894. The van der Waals surface area contributed by atoms with Crippen LogP contribution in [0.3, 0.4) is 0 Å². The van der Waals surface area contributed by atoms with E-state index in [0.29, 0.717) is 18.2 Å². The lowest BCUT2D eigenvalue weighted by atomic mass is 10.1. The number of nitrogens with zero attached hydrogens (tertiary/aromatic N) is 1. The average molecular weight is 335 g/mol. The van der Waals surface area contributed by atoms with Crippen molar-refractivity contribution in [3.8, 4) is 0 Å². The minimum atomic E-state index is -0.430. The second kappa shape index (κ2) is 6.92. The number of ether oxygens (including phenoxy) is 1. The summed E-state index contributed by atoms with van der Waals surface area (Å²) in [4.78, 5) is 14.2. The summed E-state index contributed by atoms with van der Waals surface area (Å²) < 4.78 is 19.4. The summed E-state index contributed by atoms with van der Waals surface area (Å²) in [5.74, 6) is -0.529. The minimum absolute atomic E-state index is 0. The van der Waals surface area contributed by atoms with Crippen molar-refractivity contribution in [2.75, 3.05) is 26.2 Å². The molecule has 4 nitrogen and oxygen atoms in total. The third-order valence-electron chi connectivity index (χ3n) is 3.90. The Balaban J connectivity index is 0.00000161. The second-order valence-corrected chi connectivity index (χ2v) is 5.51. The lowest BCUT2D eigenvalue weighted by Gasteiger charge is -2.37. The molecule has 3 rings (SSSR count). The number of carbonyl (C=O) groups excluding carboxylic acids is 1. The summed E-state index contributed by atoms with van der Waals surface area (Å²) in [6, 6.07) is 4.51. The standard InChI is InChI=1S/C14H16ClFN2O2.ClH/c15-10-2-1-3-11(16)9(10)6-14(19)18-4-5-20-13-8-17-7-12(13)18;/h1-3,12-13,17H,4-8H2;1H/t12-,13+;/m1./s1. The summed E-state index contributed by atoms with van der Waals surface area (Å²) in [6.07, 6.45) is 0.0399. The predicted molar refractivity (Wildman–Crippen MR) is 80.5 cm³/mol. The van der Waals surface area contributed by atoms with Crippen LogP contribution in [0, 0.1) is 5.82 Å². The normalized spacial score (nSPS) is 24.4. The molecule has 0 aliphatic carbocycles. The zero-order valence-corrected chi connectivity index (χ0v) is 12.9. The van der Waals surface area contributed by atoms with E-state index in [0.717, 1.165) is 13.1 Å². The molecule has 0 bridgehead atoms. The van der Waals surface area contributed by atoms with Crippen LogP contribution in [0.4, 0.5) is 4.39 Å². The molecule has 116 valence electrons. The maximum atomic E-state index is 13.8. The van der Waals surface area contributed by atoms with Gasteiger partial charge in [0.25, 0.3) is 0 Å². The van der Waals surface area contributed by atoms with Gasteiger partial charge >= 0.3 is 0 Å². The first kappa shape index (κ1) is 16.5. The van der Waals surface area contributed by atoms with E-state index in [1.165, 1.54) is 12.1 Å². The van der Waals surface area contributed by atoms with Crippen LogP contribution in [0.1, 0.15) is 5.56 Å². The molecule has 0 spiro atoms. The van der Waals surface area contributed by atoms with Crippen molar-refractivity contribution in [1.82, 2.24) is 10.2 Å². The number of benzene rings is 1. The van der Waals surface area contributed by atoms with Gasteiger partial charge in [-0.25, -0.2) is 4.39 Å². The molecule has 0 radical (unpaired) electrons. The van der Waals surface area contributed by atoms with Gasteiger partial charge in [-0.2, -0.15) is 0 Å². The molecule has 2 atom stereocenters. The third-order valence-corrected chi connectivity index (χ3v) is 4.26. The maximum Gasteiger partial charge on any atom is 0.227 e. The van der Waals surface area contributed by atoms with Crippen molar-refractivity contribution in [2.45, 2.75) is 18.6 Å². The molecular formula is C14H17Cl2FN2O2. The molecule has 2 fully saturated rings. The van der Waals surface area contributed by atoms with Crippen molar-refractivity contribution in [1.29, 1.82) is 0 Å². The van der Waals surface area contributed by atoms with Crippen LogP contribution in [-0.4, -0.2) is 49.2 Å². The van der Waals surface area contributed by atoms with Crippen LogP contribution in [-0.2, 0) is 16.0 Å². The van der Waals surface area contributed by atoms with Gasteiger partial charge in [0.1, 0.15) is 5.82 Å². The number of halogens is 3. The highest BCUT2D eigenvalue weighted by Gasteiger charge is 2.38. The maximum absolute atomic E-state index is 13.8. The first-order chi connectivity index (χ1) is 9.66. The Labute approximate surface area is 134 Å². The Morgan fingerprint density at radius 2 is 2.29 bits per heavy atom. The summed E-state index contributed by atoms with van der Waals surface area (Å²) >= 11 is 5.98. The van der Waals surface area contributed by atoms with Gasteiger partial charge < -0.3 is 15.0 Å². The summed E-state index contributed by atoms with van der Waals surface area (Å²) in [6.45, 7) is 2.56. The van der Waals surface area contributed by atoms with E-state index >= 15 is 0 Å². The van der Waals surface area contributed by atoms with E-state index in [-0.39, 0.29) is 42.4 Å². The van der Waals surface area contributed by atoms with Gasteiger partial charge in [-0.1, -0.05) is 17.7 Å². The first-order valence-corrected chi connectivity index (χ1v) is 7.09. The molecule has 0 aromatic heterocycles. The molecule has 21 heavy (non-hydrogen) atoms. The highest BCUT2D eigenvalue weighted by Crippen LogP contribution is 2.23. The number of nitrogens with one attached hydrogen (secondary N) is 1. The van der Waals surface area contributed by atoms with Gasteiger partial charge in [0.15, 0.2) is 0 Å². The zero-order valence-electron chi connectivity index (χ0n) is 11.4. The molecule has 7 heteroatoms. The third kappa shape index (κ3) is 3.31. The smallest absolute Gasteiger partial charge is 0.227 e. The monoisotopic (exact) mass is 334 g/mol. The largest absolute Gasteiger partial charge is 0.373 e. The van der Waals surface area contributed by atoms with Crippen molar-refractivity contribution >= 4 is 29.9 Å². The van der Waals surface area contributed by atoms with Crippen molar-refractivity contribution < 1.29 is 13.9 Å².